The molecule has 1 fully saturated rings. The van der Waals surface area contributed by atoms with Crippen LogP contribution in [0.2, 0.25) is 0 Å². The molecular formula is C18H25N3O2. The molecule has 0 saturated heterocycles. The molecule has 1 aliphatic carbocycles. The predicted molar refractivity (Wildman–Crippen MR) is 91.6 cm³/mol. The summed E-state index contributed by atoms with van der Waals surface area (Å²) in [6.07, 6.45) is 6.36. The number of rotatable bonds is 4. The van der Waals surface area contributed by atoms with Crippen molar-refractivity contribution in [2.24, 2.45) is 5.73 Å². The molecule has 1 aromatic carbocycles. The molecule has 0 atom stereocenters. The summed E-state index contributed by atoms with van der Waals surface area (Å²) in [6.45, 7) is 0. The highest BCUT2D eigenvalue weighted by Gasteiger charge is 2.25. The number of ether oxygens (including phenoxy) is 1. The fourth-order valence-corrected chi connectivity index (χ4v) is 3.41. The smallest absolute Gasteiger partial charge is 0.227 e. The quantitative estimate of drug-likeness (QED) is 0.910. The van der Waals surface area contributed by atoms with Crippen molar-refractivity contribution in [3.05, 3.63) is 30.0 Å². The zero-order valence-electron chi connectivity index (χ0n) is 13.8. The molecule has 1 amide bonds. The van der Waals surface area contributed by atoms with Gasteiger partial charge in [0.15, 0.2) is 0 Å². The van der Waals surface area contributed by atoms with Crippen molar-refractivity contribution >= 4 is 16.8 Å². The van der Waals surface area contributed by atoms with E-state index in [4.69, 9.17) is 10.5 Å². The van der Waals surface area contributed by atoms with E-state index in [1.807, 2.05) is 36.3 Å². The van der Waals surface area contributed by atoms with Gasteiger partial charge in [0.1, 0.15) is 5.75 Å². The minimum Gasteiger partial charge on any atom is -0.497 e. The number of nitrogens with one attached hydrogen (secondary N) is 1. The molecule has 0 spiro atoms. The van der Waals surface area contributed by atoms with E-state index in [1.165, 1.54) is 0 Å². The molecule has 0 bridgehead atoms. The summed E-state index contributed by atoms with van der Waals surface area (Å²) in [5.74, 6) is 0.967. The molecule has 1 saturated carbocycles. The van der Waals surface area contributed by atoms with Crippen LogP contribution in [0.1, 0.15) is 31.2 Å². The van der Waals surface area contributed by atoms with E-state index in [-0.39, 0.29) is 5.91 Å². The van der Waals surface area contributed by atoms with Crippen LogP contribution in [0.3, 0.4) is 0 Å². The fourth-order valence-electron chi connectivity index (χ4n) is 3.41. The van der Waals surface area contributed by atoms with E-state index in [1.54, 1.807) is 7.11 Å². The second-order valence-electron chi connectivity index (χ2n) is 6.48. The topological polar surface area (TPSA) is 71.4 Å². The van der Waals surface area contributed by atoms with Gasteiger partial charge in [-0.1, -0.05) is 0 Å². The van der Waals surface area contributed by atoms with Crippen LogP contribution in [-0.2, 0) is 11.2 Å². The molecule has 1 aliphatic rings. The number of carbonyl (C=O) groups excluding carboxylic acids is 1. The van der Waals surface area contributed by atoms with Gasteiger partial charge in [0.05, 0.1) is 13.5 Å². The van der Waals surface area contributed by atoms with Crippen LogP contribution in [0.25, 0.3) is 10.9 Å². The number of nitrogens with zero attached hydrogens (tertiary/aromatic N) is 1. The van der Waals surface area contributed by atoms with Crippen molar-refractivity contribution in [1.82, 2.24) is 9.88 Å². The number of H-pyrrole nitrogens is 1. The van der Waals surface area contributed by atoms with Gasteiger partial charge in [-0.15, -0.1) is 0 Å². The van der Waals surface area contributed by atoms with Crippen LogP contribution in [0.5, 0.6) is 5.75 Å². The second-order valence-corrected chi connectivity index (χ2v) is 6.48. The number of likely N-dealkylation sites (N-methyl/N-ethyl adjacent to an activating group) is 1. The minimum atomic E-state index is 0.161. The average Bonchev–Trinajstić information content (AvgIpc) is 2.97. The lowest BCUT2D eigenvalue weighted by Crippen LogP contribution is -2.42. The summed E-state index contributed by atoms with van der Waals surface area (Å²) in [6, 6.07) is 6.50. The summed E-state index contributed by atoms with van der Waals surface area (Å²) in [4.78, 5) is 17.8. The molecule has 5 nitrogen and oxygen atoms in total. The maximum atomic E-state index is 12.6. The zero-order valence-corrected chi connectivity index (χ0v) is 13.8. The Bertz CT molecular complexity index is 687. The Morgan fingerprint density at radius 1 is 1.35 bits per heavy atom. The van der Waals surface area contributed by atoms with Crippen LogP contribution < -0.4 is 10.5 Å². The van der Waals surface area contributed by atoms with E-state index >= 15 is 0 Å². The molecule has 1 aromatic heterocycles. The molecule has 5 heteroatoms. The largest absolute Gasteiger partial charge is 0.497 e. The molecule has 3 rings (SSSR count). The first-order valence-electron chi connectivity index (χ1n) is 8.23. The lowest BCUT2D eigenvalue weighted by Gasteiger charge is -2.33. The van der Waals surface area contributed by atoms with Crippen molar-refractivity contribution in [2.75, 3.05) is 14.2 Å². The van der Waals surface area contributed by atoms with Crippen LogP contribution in [0.15, 0.2) is 24.4 Å². The molecular weight excluding hydrogens is 290 g/mol. The molecule has 3 N–H and O–H groups in total. The van der Waals surface area contributed by atoms with Gasteiger partial charge in [-0.25, -0.2) is 0 Å². The highest BCUT2D eigenvalue weighted by molar-refractivity contribution is 5.89. The molecule has 2 aromatic rings. The Balaban J connectivity index is 1.72. The SMILES string of the molecule is COc1ccc2[nH]cc(CC(=O)N(C)C3CCC(N)CC3)c2c1. The number of amides is 1. The van der Waals surface area contributed by atoms with E-state index < -0.39 is 0 Å². The fraction of sp³-hybridized carbons (Fsp3) is 0.500. The number of methoxy groups -OCH3 is 1. The minimum absolute atomic E-state index is 0.161. The van der Waals surface area contributed by atoms with Crippen LogP contribution in [0.4, 0.5) is 0 Å². The van der Waals surface area contributed by atoms with Gasteiger partial charge in [-0.3, -0.25) is 4.79 Å². The number of hydrogen-bond acceptors (Lipinski definition) is 3. The van der Waals surface area contributed by atoms with Crippen molar-refractivity contribution in [3.63, 3.8) is 0 Å². The lowest BCUT2D eigenvalue weighted by molar-refractivity contribution is -0.131. The molecule has 23 heavy (non-hydrogen) atoms. The van der Waals surface area contributed by atoms with Crippen molar-refractivity contribution in [3.8, 4) is 5.75 Å². The zero-order chi connectivity index (χ0) is 16.4. The molecule has 124 valence electrons. The number of benzene rings is 1. The average molecular weight is 315 g/mol. The monoisotopic (exact) mass is 315 g/mol. The Hall–Kier alpha value is -2.01. The van der Waals surface area contributed by atoms with Crippen LogP contribution in [0, 0.1) is 0 Å². The third-order valence-electron chi connectivity index (χ3n) is 5.00. The van der Waals surface area contributed by atoms with Gasteiger partial charge >= 0.3 is 0 Å². The first-order valence-corrected chi connectivity index (χ1v) is 8.23. The van der Waals surface area contributed by atoms with E-state index in [0.717, 1.165) is 47.9 Å². The third-order valence-corrected chi connectivity index (χ3v) is 5.00. The Kier molecular flexibility index (Phi) is 4.57. The summed E-state index contributed by atoms with van der Waals surface area (Å²) in [5, 5.41) is 1.05. The Labute approximate surface area is 136 Å². The number of carbonyl (C=O) groups is 1. The van der Waals surface area contributed by atoms with Crippen LogP contribution in [-0.4, -0.2) is 42.0 Å². The number of fused-ring (bicyclic) bond motifs is 1. The second kappa shape index (κ2) is 6.62. The summed E-state index contributed by atoms with van der Waals surface area (Å²) >= 11 is 0. The first kappa shape index (κ1) is 15.9. The van der Waals surface area contributed by atoms with E-state index in [0.29, 0.717) is 18.5 Å². The standard InChI is InChI=1S/C18H25N3O2/c1-21(14-5-3-13(19)4-6-14)18(22)9-12-11-20-17-8-7-15(23-2)10-16(12)17/h7-8,10-11,13-14,20H,3-6,9,19H2,1-2H3. The van der Waals surface area contributed by atoms with Crippen molar-refractivity contribution < 1.29 is 9.53 Å². The van der Waals surface area contributed by atoms with E-state index in [9.17, 15) is 4.79 Å². The molecule has 0 unspecified atom stereocenters. The van der Waals surface area contributed by atoms with Gasteiger partial charge in [-0.2, -0.15) is 0 Å². The summed E-state index contributed by atoms with van der Waals surface area (Å²) < 4.78 is 5.28. The van der Waals surface area contributed by atoms with Gasteiger partial charge in [0.25, 0.3) is 0 Å². The van der Waals surface area contributed by atoms with Crippen molar-refractivity contribution in [2.45, 2.75) is 44.2 Å². The number of hydrogen-bond donors (Lipinski definition) is 2. The lowest BCUT2D eigenvalue weighted by atomic mass is 9.91. The van der Waals surface area contributed by atoms with Gasteiger partial charge in [-0.05, 0) is 49.4 Å². The van der Waals surface area contributed by atoms with Gasteiger partial charge in [0, 0.05) is 36.2 Å². The maximum Gasteiger partial charge on any atom is 0.227 e. The van der Waals surface area contributed by atoms with Crippen molar-refractivity contribution in [1.29, 1.82) is 0 Å². The highest BCUT2D eigenvalue weighted by Crippen LogP contribution is 2.26. The third kappa shape index (κ3) is 3.34. The predicted octanol–water partition coefficient (Wildman–Crippen LogP) is 2.45. The maximum absolute atomic E-state index is 12.6. The summed E-state index contributed by atoms with van der Waals surface area (Å²) in [7, 11) is 3.57. The normalized spacial score (nSPS) is 21.3. The number of nitrogens with two attached hydrogens (primary N) is 1. The molecule has 0 radical (unpaired) electrons. The molecule has 0 aliphatic heterocycles. The molecule has 1 heterocycles. The summed E-state index contributed by atoms with van der Waals surface area (Å²) in [5.41, 5.74) is 8.00. The van der Waals surface area contributed by atoms with Gasteiger partial charge in [0.2, 0.25) is 5.91 Å². The van der Waals surface area contributed by atoms with E-state index in [2.05, 4.69) is 4.98 Å². The Morgan fingerprint density at radius 3 is 2.78 bits per heavy atom. The Morgan fingerprint density at radius 2 is 2.09 bits per heavy atom. The first-order chi connectivity index (χ1) is 11.1. The van der Waals surface area contributed by atoms with Crippen LogP contribution >= 0.6 is 0 Å². The number of aromatic nitrogens is 1. The van der Waals surface area contributed by atoms with Gasteiger partial charge < -0.3 is 20.4 Å². The number of aromatic amines is 1. The highest BCUT2D eigenvalue weighted by atomic mass is 16.5.